The molecule has 0 aliphatic heterocycles. The number of amides is 1. The van der Waals surface area contributed by atoms with Gasteiger partial charge in [0.1, 0.15) is 5.76 Å². The first-order valence-electron chi connectivity index (χ1n) is 6.30. The van der Waals surface area contributed by atoms with Crippen molar-refractivity contribution in [2.75, 3.05) is 6.54 Å². The van der Waals surface area contributed by atoms with Gasteiger partial charge in [0.05, 0.1) is 5.75 Å². The first-order chi connectivity index (χ1) is 9.60. The number of furan rings is 1. The molecule has 124 valence electrons. The molecule has 0 bridgehead atoms. The summed E-state index contributed by atoms with van der Waals surface area (Å²) in [5, 5.41) is 3.66. The third-order valence-corrected chi connectivity index (χ3v) is 3.82. The zero-order valence-corrected chi connectivity index (χ0v) is 14.8. The van der Waals surface area contributed by atoms with Gasteiger partial charge in [-0.2, -0.15) is 0 Å². The fourth-order valence-electron chi connectivity index (χ4n) is 1.56. The van der Waals surface area contributed by atoms with Crippen LogP contribution in [-0.2, 0) is 12.8 Å². The molecule has 1 atom stereocenters. The summed E-state index contributed by atoms with van der Waals surface area (Å²) >= 11 is 1.56. The minimum Gasteiger partial charge on any atom is -0.455 e. The number of hydrogen-bond acceptors (Lipinski definition) is 5. The van der Waals surface area contributed by atoms with Gasteiger partial charge >= 0.3 is 0 Å². The van der Waals surface area contributed by atoms with Crippen molar-refractivity contribution in [2.24, 2.45) is 12.8 Å². The zero-order valence-electron chi connectivity index (χ0n) is 12.3. The highest BCUT2D eigenvalue weighted by Gasteiger charge is 2.13. The summed E-state index contributed by atoms with van der Waals surface area (Å²) in [6, 6.07) is 3.41. The van der Waals surface area contributed by atoms with E-state index >= 15 is 0 Å². The molecular weight excluding hydrogens is 347 g/mol. The van der Waals surface area contributed by atoms with E-state index in [1.807, 2.05) is 24.7 Å². The van der Waals surface area contributed by atoms with Gasteiger partial charge in [0.2, 0.25) is 0 Å². The molecule has 22 heavy (non-hydrogen) atoms. The molecule has 0 fully saturated rings. The molecule has 6 nitrogen and oxygen atoms in total. The van der Waals surface area contributed by atoms with Crippen LogP contribution >= 0.6 is 36.6 Å². The van der Waals surface area contributed by atoms with Gasteiger partial charge in [-0.25, -0.2) is 4.98 Å². The lowest BCUT2D eigenvalue weighted by molar-refractivity contribution is 0.0912. The van der Waals surface area contributed by atoms with Gasteiger partial charge in [-0.1, -0.05) is 11.8 Å². The first-order valence-corrected chi connectivity index (χ1v) is 7.28. The fourth-order valence-corrected chi connectivity index (χ4v) is 2.38. The molecule has 2 aromatic heterocycles. The molecule has 2 heterocycles. The van der Waals surface area contributed by atoms with Gasteiger partial charge < -0.3 is 20.0 Å². The van der Waals surface area contributed by atoms with E-state index in [9.17, 15) is 4.79 Å². The van der Waals surface area contributed by atoms with Crippen LogP contribution in [0.15, 0.2) is 34.1 Å². The summed E-state index contributed by atoms with van der Waals surface area (Å²) in [7, 11) is 1.94. The Bertz CT molecular complexity index is 588. The summed E-state index contributed by atoms with van der Waals surface area (Å²) in [6.07, 6.45) is 3.63. The van der Waals surface area contributed by atoms with Crippen LogP contribution in [-0.4, -0.2) is 28.0 Å². The van der Waals surface area contributed by atoms with Crippen LogP contribution in [0.5, 0.6) is 0 Å². The van der Waals surface area contributed by atoms with Crippen LogP contribution in [0.4, 0.5) is 0 Å². The standard InChI is InChI=1S/C13H18N4O2S.2ClH/c1-9(7-14)16-12(18)11-4-3-10(19-11)8-20-13-15-5-6-17(13)2;;/h3-6,9H,7-8,14H2,1-2H3,(H,16,18);2*1H/t9-;;/m0../s1. The minimum absolute atomic E-state index is 0. The van der Waals surface area contributed by atoms with Crippen molar-refractivity contribution < 1.29 is 9.21 Å². The first kappa shape index (κ1) is 20.9. The van der Waals surface area contributed by atoms with Crippen molar-refractivity contribution in [1.82, 2.24) is 14.9 Å². The van der Waals surface area contributed by atoms with Crippen molar-refractivity contribution in [2.45, 2.75) is 23.9 Å². The van der Waals surface area contributed by atoms with Gasteiger partial charge in [0, 0.05) is 32.0 Å². The Balaban J connectivity index is 0.00000220. The van der Waals surface area contributed by atoms with Gasteiger partial charge in [-0.3, -0.25) is 4.79 Å². The topological polar surface area (TPSA) is 86.1 Å². The molecule has 0 aliphatic carbocycles. The number of hydrogen-bond donors (Lipinski definition) is 2. The summed E-state index contributed by atoms with van der Waals surface area (Å²) in [5.41, 5.74) is 5.46. The van der Waals surface area contributed by atoms with Crippen LogP contribution in [0.3, 0.4) is 0 Å². The number of imidazole rings is 1. The number of thioether (sulfide) groups is 1. The Morgan fingerprint density at radius 3 is 2.82 bits per heavy atom. The second-order valence-electron chi connectivity index (χ2n) is 4.49. The number of carbonyl (C=O) groups is 1. The Morgan fingerprint density at radius 1 is 1.50 bits per heavy atom. The smallest absolute Gasteiger partial charge is 0.287 e. The van der Waals surface area contributed by atoms with Crippen LogP contribution in [0.1, 0.15) is 23.2 Å². The van der Waals surface area contributed by atoms with Crippen LogP contribution in [0, 0.1) is 0 Å². The van der Waals surface area contributed by atoms with Crippen molar-refractivity contribution in [1.29, 1.82) is 0 Å². The number of nitrogens with two attached hydrogens (primary N) is 1. The van der Waals surface area contributed by atoms with E-state index in [4.69, 9.17) is 10.2 Å². The number of carbonyl (C=O) groups excluding carboxylic acids is 1. The predicted molar refractivity (Wildman–Crippen MR) is 92.0 cm³/mol. The monoisotopic (exact) mass is 366 g/mol. The minimum atomic E-state index is -0.240. The van der Waals surface area contributed by atoms with Gasteiger partial charge in [-0.15, -0.1) is 24.8 Å². The molecule has 9 heteroatoms. The van der Waals surface area contributed by atoms with E-state index in [1.165, 1.54) is 0 Å². The number of halogens is 2. The zero-order chi connectivity index (χ0) is 14.5. The average Bonchev–Trinajstić information content (AvgIpc) is 3.05. The average molecular weight is 367 g/mol. The van der Waals surface area contributed by atoms with E-state index in [0.717, 1.165) is 10.9 Å². The maximum absolute atomic E-state index is 11.8. The number of aromatic nitrogens is 2. The molecule has 2 aromatic rings. The maximum Gasteiger partial charge on any atom is 0.287 e. The van der Waals surface area contributed by atoms with Crippen LogP contribution in [0.25, 0.3) is 0 Å². The molecule has 3 N–H and O–H groups in total. The van der Waals surface area contributed by atoms with Crippen molar-refractivity contribution in [3.8, 4) is 0 Å². The van der Waals surface area contributed by atoms with E-state index in [0.29, 0.717) is 18.1 Å². The quantitative estimate of drug-likeness (QED) is 0.765. The highest BCUT2D eigenvalue weighted by Crippen LogP contribution is 2.21. The van der Waals surface area contributed by atoms with Crippen LogP contribution in [0.2, 0.25) is 0 Å². The van der Waals surface area contributed by atoms with Crippen LogP contribution < -0.4 is 11.1 Å². The third kappa shape index (κ3) is 5.57. The normalized spacial score (nSPS) is 11.2. The Morgan fingerprint density at radius 2 is 2.23 bits per heavy atom. The van der Waals surface area contributed by atoms with Crippen molar-refractivity contribution >= 4 is 42.5 Å². The molecule has 0 spiro atoms. The molecule has 0 saturated heterocycles. The largest absolute Gasteiger partial charge is 0.455 e. The molecule has 0 aromatic carbocycles. The molecule has 0 saturated carbocycles. The summed E-state index contributed by atoms with van der Waals surface area (Å²) in [4.78, 5) is 16.0. The highest BCUT2D eigenvalue weighted by molar-refractivity contribution is 7.98. The summed E-state index contributed by atoms with van der Waals surface area (Å²) in [6.45, 7) is 2.24. The second-order valence-corrected chi connectivity index (χ2v) is 5.43. The highest BCUT2D eigenvalue weighted by atomic mass is 35.5. The molecule has 2 rings (SSSR count). The Hall–Kier alpha value is -1.15. The van der Waals surface area contributed by atoms with Crippen molar-refractivity contribution in [3.05, 3.63) is 36.0 Å². The lowest BCUT2D eigenvalue weighted by atomic mass is 10.3. The molecular formula is C13H20Cl2N4O2S. The van der Waals surface area contributed by atoms with Gasteiger partial charge in [0.25, 0.3) is 5.91 Å². The maximum atomic E-state index is 11.8. The molecule has 1 amide bonds. The van der Waals surface area contributed by atoms with E-state index in [2.05, 4.69) is 10.3 Å². The molecule has 0 aliphatic rings. The SMILES string of the molecule is C[C@@H](CN)NC(=O)c1ccc(CSc2nccn2C)o1.Cl.Cl. The van der Waals surface area contributed by atoms with Crippen molar-refractivity contribution in [3.63, 3.8) is 0 Å². The summed E-state index contributed by atoms with van der Waals surface area (Å²) < 4.78 is 7.45. The number of rotatable bonds is 6. The lowest BCUT2D eigenvalue weighted by Crippen LogP contribution is -2.37. The van der Waals surface area contributed by atoms with E-state index < -0.39 is 0 Å². The number of aryl methyl sites for hydroxylation is 1. The molecule has 0 radical (unpaired) electrons. The summed E-state index contributed by atoms with van der Waals surface area (Å²) in [5.74, 6) is 1.44. The van der Waals surface area contributed by atoms with E-state index in [-0.39, 0.29) is 36.8 Å². The lowest BCUT2D eigenvalue weighted by Gasteiger charge is -2.09. The van der Waals surface area contributed by atoms with Gasteiger partial charge in [-0.05, 0) is 19.1 Å². The Kier molecular flexibility index (Phi) is 9.27. The van der Waals surface area contributed by atoms with E-state index in [1.54, 1.807) is 30.1 Å². The number of nitrogens with one attached hydrogen (secondary N) is 1. The van der Waals surface area contributed by atoms with Gasteiger partial charge in [0.15, 0.2) is 10.9 Å². The second kappa shape index (κ2) is 9.78. The third-order valence-electron chi connectivity index (χ3n) is 2.74. The fraction of sp³-hybridized carbons (Fsp3) is 0.385. The predicted octanol–water partition coefficient (Wildman–Crippen LogP) is 2.23. The molecule has 0 unspecified atom stereocenters. The number of nitrogens with zero attached hydrogens (tertiary/aromatic N) is 2. The Labute approximate surface area is 146 Å².